The van der Waals surface area contributed by atoms with Gasteiger partial charge in [0.1, 0.15) is 18.3 Å². The molecule has 0 saturated carbocycles. The lowest BCUT2D eigenvalue weighted by Gasteiger charge is -2.33. The molecule has 5 heteroatoms. The average molecular weight is 161 g/mol. The van der Waals surface area contributed by atoms with Crippen LogP contribution in [0.5, 0.6) is 0 Å². The van der Waals surface area contributed by atoms with Crippen LogP contribution >= 0.6 is 0 Å². The first-order chi connectivity index (χ1) is 5.20. The van der Waals surface area contributed by atoms with E-state index >= 15 is 0 Å². The summed E-state index contributed by atoms with van der Waals surface area (Å²) in [6.45, 7) is 0.361. The normalized spacial score (nSPS) is 56.5. The Hall–Kier alpha value is -0.200. The topological polar surface area (TPSA) is 84.9 Å². The highest BCUT2D eigenvalue weighted by molar-refractivity contribution is 4.95. The first-order valence-electron chi connectivity index (χ1n) is 3.59. The van der Waals surface area contributed by atoms with Crippen molar-refractivity contribution >= 4 is 0 Å². The third kappa shape index (κ3) is 0.969. The summed E-state index contributed by atoms with van der Waals surface area (Å²) in [4.78, 5) is 0. The average Bonchev–Trinajstić information content (AvgIpc) is 2.44. The third-order valence-electron chi connectivity index (χ3n) is 2.19. The van der Waals surface area contributed by atoms with Gasteiger partial charge in [0.05, 0.1) is 12.6 Å². The lowest BCUT2D eigenvalue weighted by Crippen LogP contribution is -2.57. The number of aliphatic hydroxyl groups is 2. The van der Waals surface area contributed by atoms with Crippen molar-refractivity contribution in [2.45, 2.75) is 30.6 Å². The molecule has 0 aromatic carbocycles. The van der Waals surface area contributed by atoms with Gasteiger partial charge in [-0.1, -0.05) is 0 Å². The molecule has 0 amide bonds. The Morgan fingerprint density at radius 2 is 2.00 bits per heavy atom. The lowest BCUT2D eigenvalue weighted by molar-refractivity contribution is -0.198. The summed E-state index contributed by atoms with van der Waals surface area (Å²) in [5.41, 5.74) is 5.54. The molecule has 2 rings (SSSR count). The second-order valence-corrected chi connectivity index (χ2v) is 2.93. The predicted molar refractivity (Wildman–Crippen MR) is 34.6 cm³/mol. The van der Waals surface area contributed by atoms with E-state index < -0.39 is 24.5 Å². The van der Waals surface area contributed by atoms with Gasteiger partial charge in [0.25, 0.3) is 0 Å². The molecule has 0 unspecified atom stereocenters. The van der Waals surface area contributed by atoms with Crippen molar-refractivity contribution in [3.63, 3.8) is 0 Å². The van der Waals surface area contributed by atoms with Crippen LogP contribution in [-0.4, -0.2) is 47.5 Å². The van der Waals surface area contributed by atoms with E-state index in [1.54, 1.807) is 0 Å². The first kappa shape index (κ1) is 7.45. The minimum absolute atomic E-state index is 0.265. The largest absolute Gasteiger partial charge is 0.388 e. The predicted octanol–water partition coefficient (Wildman–Crippen LogP) is -2.21. The SMILES string of the molecule is N[C@H]1[C@H](O)[C@H](O)[C@@H]2OC[C@H]1O2. The molecule has 2 fully saturated rings. The quantitative estimate of drug-likeness (QED) is 0.375. The van der Waals surface area contributed by atoms with Gasteiger partial charge >= 0.3 is 0 Å². The molecule has 2 saturated heterocycles. The van der Waals surface area contributed by atoms with Crippen LogP contribution in [0.4, 0.5) is 0 Å². The van der Waals surface area contributed by atoms with E-state index in [2.05, 4.69) is 0 Å². The molecule has 2 aliphatic heterocycles. The standard InChI is InChI=1S/C6H11NO4/c7-3-2-1-10-6(11-2)5(9)4(3)8/h2-6,8-9H,1,7H2/t2-,3-,4+,5+,6-/m1/s1. The number of hydrogen-bond donors (Lipinski definition) is 3. The molecule has 2 aliphatic rings. The van der Waals surface area contributed by atoms with Crippen molar-refractivity contribution in [2.75, 3.05) is 6.61 Å². The van der Waals surface area contributed by atoms with Crippen LogP contribution in [0.15, 0.2) is 0 Å². The summed E-state index contributed by atoms with van der Waals surface area (Å²) in [7, 11) is 0. The van der Waals surface area contributed by atoms with Gasteiger partial charge in [0, 0.05) is 0 Å². The van der Waals surface area contributed by atoms with Crippen molar-refractivity contribution < 1.29 is 19.7 Å². The Morgan fingerprint density at radius 1 is 1.27 bits per heavy atom. The fourth-order valence-corrected chi connectivity index (χ4v) is 1.43. The van der Waals surface area contributed by atoms with Crippen LogP contribution in [0.3, 0.4) is 0 Å². The Kier molecular flexibility index (Phi) is 1.62. The van der Waals surface area contributed by atoms with E-state index in [-0.39, 0.29) is 6.10 Å². The zero-order chi connectivity index (χ0) is 8.01. The second-order valence-electron chi connectivity index (χ2n) is 2.93. The Bertz CT molecular complexity index is 145. The molecular weight excluding hydrogens is 150 g/mol. The highest BCUT2D eigenvalue weighted by Crippen LogP contribution is 2.26. The van der Waals surface area contributed by atoms with Crippen molar-refractivity contribution in [3.05, 3.63) is 0 Å². The molecule has 2 heterocycles. The molecule has 5 atom stereocenters. The van der Waals surface area contributed by atoms with Crippen LogP contribution in [0, 0.1) is 0 Å². The van der Waals surface area contributed by atoms with Crippen LogP contribution in [0.1, 0.15) is 0 Å². The first-order valence-corrected chi connectivity index (χ1v) is 3.59. The van der Waals surface area contributed by atoms with Gasteiger partial charge < -0.3 is 25.4 Å². The summed E-state index contributed by atoms with van der Waals surface area (Å²) in [6.07, 6.45) is -2.89. The summed E-state index contributed by atoms with van der Waals surface area (Å²) in [6, 6.07) is -0.538. The molecular formula is C6H11NO4. The lowest BCUT2D eigenvalue weighted by atomic mass is 9.99. The molecule has 0 radical (unpaired) electrons. The fraction of sp³-hybridized carbons (Fsp3) is 1.00. The Balaban J connectivity index is 2.16. The number of fused-ring (bicyclic) bond motifs is 2. The molecule has 2 bridgehead atoms. The van der Waals surface area contributed by atoms with E-state index in [4.69, 9.17) is 15.2 Å². The van der Waals surface area contributed by atoms with Gasteiger partial charge in [-0.15, -0.1) is 0 Å². The van der Waals surface area contributed by atoms with Gasteiger partial charge in [-0.3, -0.25) is 0 Å². The number of rotatable bonds is 0. The van der Waals surface area contributed by atoms with Gasteiger partial charge in [0.2, 0.25) is 0 Å². The molecule has 64 valence electrons. The number of nitrogens with two attached hydrogens (primary N) is 1. The van der Waals surface area contributed by atoms with Crippen molar-refractivity contribution in [1.82, 2.24) is 0 Å². The number of ether oxygens (including phenoxy) is 2. The van der Waals surface area contributed by atoms with E-state index in [9.17, 15) is 10.2 Å². The van der Waals surface area contributed by atoms with E-state index in [0.717, 1.165) is 0 Å². The van der Waals surface area contributed by atoms with Crippen molar-refractivity contribution in [1.29, 1.82) is 0 Å². The van der Waals surface area contributed by atoms with Gasteiger partial charge in [0.15, 0.2) is 6.29 Å². The summed E-state index contributed by atoms with van der Waals surface area (Å²) < 4.78 is 10.2. The van der Waals surface area contributed by atoms with Crippen molar-refractivity contribution in [3.8, 4) is 0 Å². The zero-order valence-corrected chi connectivity index (χ0v) is 5.88. The van der Waals surface area contributed by atoms with Crippen LogP contribution in [0.2, 0.25) is 0 Å². The minimum atomic E-state index is -1.01. The van der Waals surface area contributed by atoms with Gasteiger partial charge in [-0.25, -0.2) is 0 Å². The molecule has 0 aromatic rings. The van der Waals surface area contributed by atoms with Crippen LogP contribution < -0.4 is 5.73 Å². The molecule has 0 aromatic heterocycles. The van der Waals surface area contributed by atoms with Gasteiger partial charge in [-0.05, 0) is 0 Å². The maximum absolute atomic E-state index is 9.29. The van der Waals surface area contributed by atoms with Crippen LogP contribution in [-0.2, 0) is 9.47 Å². The molecule has 5 nitrogen and oxygen atoms in total. The smallest absolute Gasteiger partial charge is 0.186 e. The summed E-state index contributed by atoms with van der Waals surface area (Å²) in [5, 5.41) is 18.5. The monoisotopic (exact) mass is 161 g/mol. The fourth-order valence-electron chi connectivity index (χ4n) is 1.43. The molecule has 4 N–H and O–H groups in total. The van der Waals surface area contributed by atoms with Gasteiger partial charge in [-0.2, -0.15) is 0 Å². The highest BCUT2D eigenvalue weighted by atomic mass is 16.7. The van der Waals surface area contributed by atoms with E-state index in [0.29, 0.717) is 6.61 Å². The number of aliphatic hydroxyl groups excluding tert-OH is 2. The maximum atomic E-state index is 9.29. The third-order valence-corrected chi connectivity index (χ3v) is 2.19. The summed E-state index contributed by atoms with van der Waals surface area (Å²) in [5.74, 6) is 0. The number of hydrogen-bond acceptors (Lipinski definition) is 5. The van der Waals surface area contributed by atoms with E-state index in [1.807, 2.05) is 0 Å². The Labute approximate surface area is 63.7 Å². The minimum Gasteiger partial charge on any atom is -0.388 e. The highest BCUT2D eigenvalue weighted by Gasteiger charge is 2.47. The molecule has 0 aliphatic carbocycles. The Morgan fingerprint density at radius 3 is 2.73 bits per heavy atom. The maximum Gasteiger partial charge on any atom is 0.186 e. The van der Waals surface area contributed by atoms with E-state index in [1.165, 1.54) is 0 Å². The molecule has 0 spiro atoms. The molecule has 11 heavy (non-hydrogen) atoms. The zero-order valence-electron chi connectivity index (χ0n) is 5.88. The summed E-state index contributed by atoms with van der Waals surface area (Å²) >= 11 is 0. The second kappa shape index (κ2) is 2.40. The van der Waals surface area contributed by atoms with Crippen molar-refractivity contribution in [2.24, 2.45) is 5.73 Å². The van der Waals surface area contributed by atoms with Crippen LogP contribution in [0.25, 0.3) is 0 Å².